The van der Waals surface area contributed by atoms with Crippen molar-refractivity contribution in [1.29, 1.82) is 0 Å². The second-order valence-corrected chi connectivity index (χ2v) is 7.25. The van der Waals surface area contributed by atoms with Crippen molar-refractivity contribution in [1.82, 2.24) is 9.80 Å². The van der Waals surface area contributed by atoms with Crippen LogP contribution in [0.15, 0.2) is 30.3 Å². The number of hydrogen-bond acceptors (Lipinski definition) is 4. The molecule has 2 heterocycles. The summed E-state index contributed by atoms with van der Waals surface area (Å²) in [6.45, 7) is 3.19. The van der Waals surface area contributed by atoms with Gasteiger partial charge in [-0.2, -0.15) is 0 Å². The van der Waals surface area contributed by atoms with Crippen molar-refractivity contribution in [3.05, 3.63) is 30.3 Å². The highest BCUT2D eigenvalue weighted by Gasteiger charge is 2.31. The fraction of sp³-hybridized carbons (Fsp3) is 0.600. The SMILES string of the molecule is NC1CCCN(C(=O)C2CCN(C(=O)CCOc3ccccc3)CC2)C1. The summed E-state index contributed by atoms with van der Waals surface area (Å²) in [7, 11) is 0. The average Bonchev–Trinajstić information content (AvgIpc) is 2.68. The molecule has 3 rings (SSSR count). The summed E-state index contributed by atoms with van der Waals surface area (Å²) in [5.74, 6) is 1.14. The van der Waals surface area contributed by atoms with E-state index in [0.717, 1.165) is 38.0 Å². The molecule has 0 aliphatic carbocycles. The van der Waals surface area contributed by atoms with Crippen LogP contribution in [0.4, 0.5) is 0 Å². The molecule has 6 heteroatoms. The molecular weight excluding hydrogens is 330 g/mol. The molecule has 1 atom stereocenters. The van der Waals surface area contributed by atoms with E-state index in [1.807, 2.05) is 40.1 Å². The Labute approximate surface area is 155 Å². The maximum atomic E-state index is 12.7. The fourth-order valence-electron chi connectivity index (χ4n) is 3.78. The zero-order chi connectivity index (χ0) is 18.4. The van der Waals surface area contributed by atoms with Crippen molar-refractivity contribution in [2.75, 3.05) is 32.8 Å². The minimum absolute atomic E-state index is 0.0323. The van der Waals surface area contributed by atoms with E-state index in [4.69, 9.17) is 10.5 Å². The number of amides is 2. The summed E-state index contributed by atoms with van der Waals surface area (Å²) in [6, 6.07) is 9.63. The lowest BCUT2D eigenvalue weighted by Crippen LogP contribution is -2.50. The molecule has 0 bridgehead atoms. The average molecular weight is 359 g/mol. The minimum Gasteiger partial charge on any atom is -0.493 e. The van der Waals surface area contributed by atoms with Crippen molar-refractivity contribution in [2.45, 2.75) is 38.1 Å². The Hall–Kier alpha value is -2.08. The van der Waals surface area contributed by atoms with Gasteiger partial charge in [0.25, 0.3) is 0 Å². The first-order valence-corrected chi connectivity index (χ1v) is 9.63. The number of hydrogen-bond donors (Lipinski definition) is 1. The summed E-state index contributed by atoms with van der Waals surface area (Å²) in [5, 5.41) is 0. The Morgan fingerprint density at radius 2 is 1.77 bits per heavy atom. The van der Waals surface area contributed by atoms with Crippen LogP contribution in [-0.2, 0) is 9.59 Å². The van der Waals surface area contributed by atoms with Crippen LogP contribution in [0.25, 0.3) is 0 Å². The second kappa shape index (κ2) is 9.03. The highest BCUT2D eigenvalue weighted by molar-refractivity contribution is 5.80. The van der Waals surface area contributed by atoms with E-state index >= 15 is 0 Å². The van der Waals surface area contributed by atoms with Gasteiger partial charge in [-0.1, -0.05) is 18.2 Å². The van der Waals surface area contributed by atoms with Gasteiger partial charge >= 0.3 is 0 Å². The minimum atomic E-state index is 0.0323. The molecule has 0 spiro atoms. The molecule has 0 aromatic heterocycles. The number of ether oxygens (including phenoxy) is 1. The number of para-hydroxylation sites is 1. The van der Waals surface area contributed by atoms with Crippen LogP contribution in [-0.4, -0.2) is 60.4 Å². The summed E-state index contributed by atoms with van der Waals surface area (Å²) >= 11 is 0. The molecule has 1 unspecified atom stereocenters. The zero-order valence-corrected chi connectivity index (χ0v) is 15.3. The number of carbonyl (C=O) groups excluding carboxylic acids is 2. The van der Waals surface area contributed by atoms with Crippen LogP contribution >= 0.6 is 0 Å². The first kappa shape index (κ1) is 18.7. The van der Waals surface area contributed by atoms with Crippen LogP contribution in [0, 0.1) is 5.92 Å². The molecule has 1 aromatic carbocycles. The Kier molecular flexibility index (Phi) is 6.50. The van der Waals surface area contributed by atoms with Crippen LogP contribution in [0.5, 0.6) is 5.75 Å². The van der Waals surface area contributed by atoms with Crippen molar-refractivity contribution >= 4 is 11.8 Å². The molecule has 0 saturated carbocycles. The molecule has 6 nitrogen and oxygen atoms in total. The first-order valence-electron chi connectivity index (χ1n) is 9.63. The number of piperidine rings is 2. The summed E-state index contributed by atoms with van der Waals surface area (Å²) in [5.41, 5.74) is 5.98. The number of likely N-dealkylation sites (tertiary alicyclic amines) is 2. The van der Waals surface area contributed by atoms with Gasteiger partial charge in [0.1, 0.15) is 5.75 Å². The number of nitrogens with two attached hydrogens (primary N) is 1. The van der Waals surface area contributed by atoms with Crippen LogP contribution in [0.1, 0.15) is 32.1 Å². The van der Waals surface area contributed by atoms with Gasteiger partial charge in [0, 0.05) is 38.1 Å². The van der Waals surface area contributed by atoms with Crippen LogP contribution in [0.3, 0.4) is 0 Å². The first-order chi connectivity index (χ1) is 12.6. The Morgan fingerprint density at radius 1 is 1.04 bits per heavy atom. The van der Waals surface area contributed by atoms with Crippen molar-refractivity contribution in [3.8, 4) is 5.75 Å². The lowest BCUT2D eigenvalue weighted by Gasteiger charge is -2.37. The Morgan fingerprint density at radius 3 is 2.46 bits per heavy atom. The largest absolute Gasteiger partial charge is 0.493 e. The number of rotatable bonds is 5. The maximum Gasteiger partial charge on any atom is 0.225 e. The standard InChI is InChI=1S/C20H29N3O3/c21-17-5-4-11-23(15-17)20(25)16-8-12-22(13-9-16)19(24)10-14-26-18-6-2-1-3-7-18/h1-3,6-7,16-17H,4-5,8-15,21H2. The smallest absolute Gasteiger partial charge is 0.225 e. The molecule has 2 amide bonds. The van der Waals surface area contributed by atoms with Gasteiger partial charge in [0.2, 0.25) is 11.8 Å². The lowest BCUT2D eigenvalue weighted by molar-refractivity contribution is -0.141. The number of carbonyl (C=O) groups is 2. The molecule has 1 aromatic rings. The van der Waals surface area contributed by atoms with E-state index in [-0.39, 0.29) is 23.8 Å². The Balaban J connectivity index is 1.38. The van der Waals surface area contributed by atoms with Gasteiger partial charge in [-0.05, 0) is 37.8 Å². The lowest BCUT2D eigenvalue weighted by atomic mass is 9.93. The van der Waals surface area contributed by atoms with Gasteiger partial charge in [-0.3, -0.25) is 9.59 Å². The van der Waals surface area contributed by atoms with Gasteiger partial charge in [0.05, 0.1) is 13.0 Å². The molecule has 2 aliphatic heterocycles. The summed E-state index contributed by atoms with van der Waals surface area (Å²) in [4.78, 5) is 28.8. The van der Waals surface area contributed by atoms with E-state index in [9.17, 15) is 9.59 Å². The highest BCUT2D eigenvalue weighted by Crippen LogP contribution is 2.22. The van der Waals surface area contributed by atoms with Gasteiger partial charge in [0.15, 0.2) is 0 Å². The molecule has 2 N–H and O–H groups in total. The maximum absolute atomic E-state index is 12.7. The van der Waals surface area contributed by atoms with E-state index < -0.39 is 0 Å². The molecule has 142 valence electrons. The predicted octanol–water partition coefficient (Wildman–Crippen LogP) is 1.64. The van der Waals surface area contributed by atoms with Gasteiger partial charge < -0.3 is 20.3 Å². The quantitative estimate of drug-likeness (QED) is 0.867. The third-order valence-electron chi connectivity index (χ3n) is 5.29. The van der Waals surface area contributed by atoms with E-state index in [1.54, 1.807) is 0 Å². The van der Waals surface area contributed by atoms with Crippen molar-refractivity contribution in [3.63, 3.8) is 0 Å². The van der Waals surface area contributed by atoms with Crippen molar-refractivity contribution in [2.24, 2.45) is 11.7 Å². The van der Waals surface area contributed by atoms with Crippen LogP contribution < -0.4 is 10.5 Å². The Bertz CT molecular complexity index is 600. The van der Waals surface area contributed by atoms with Crippen molar-refractivity contribution < 1.29 is 14.3 Å². The molecule has 2 saturated heterocycles. The molecule has 26 heavy (non-hydrogen) atoms. The predicted molar refractivity (Wildman–Crippen MR) is 99.6 cm³/mol. The molecular formula is C20H29N3O3. The van der Waals surface area contributed by atoms with Crippen LogP contribution in [0.2, 0.25) is 0 Å². The third-order valence-corrected chi connectivity index (χ3v) is 5.29. The normalized spacial score (nSPS) is 21.5. The van der Waals surface area contributed by atoms with Gasteiger partial charge in [-0.25, -0.2) is 0 Å². The topological polar surface area (TPSA) is 75.9 Å². The second-order valence-electron chi connectivity index (χ2n) is 7.25. The monoisotopic (exact) mass is 359 g/mol. The third kappa shape index (κ3) is 4.97. The fourth-order valence-corrected chi connectivity index (χ4v) is 3.78. The highest BCUT2D eigenvalue weighted by atomic mass is 16.5. The summed E-state index contributed by atoms with van der Waals surface area (Å²) in [6.07, 6.45) is 3.85. The molecule has 0 radical (unpaired) electrons. The number of nitrogens with zero attached hydrogens (tertiary/aromatic N) is 2. The van der Waals surface area contributed by atoms with E-state index in [1.165, 1.54) is 0 Å². The van der Waals surface area contributed by atoms with E-state index in [0.29, 0.717) is 32.7 Å². The molecule has 2 fully saturated rings. The zero-order valence-electron chi connectivity index (χ0n) is 15.3. The number of benzene rings is 1. The summed E-state index contributed by atoms with van der Waals surface area (Å²) < 4.78 is 5.60. The van der Waals surface area contributed by atoms with E-state index in [2.05, 4.69) is 0 Å². The molecule has 2 aliphatic rings. The van der Waals surface area contributed by atoms with Gasteiger partial charge in [-0.15, -0.1) is 0 Å².